The number of carbonyl (C=O) groups excluding carboxylic acids is 2. The first-order valence-corrected chi connectivity index (χ1v) is 6.13. The molecule has 1 aliphatic heterocycles. The lowest BCUT2D eigenvalue weighted by Gasteiger charge is -2.25. The molecule has 2 N–H and O–H groups in total. The summed E-state index contributed by atoms with van der Waals surface area (Å²) in [6.45, 7) is 4.49. The van der Waals surface area contributed by atoms with Crippen LogP contribution in [0.5, 0.6) is 0 Å². The number of amides is 2. The van der Waals surface area contributed by atoms with E-state index in [2.05, 4.69) is 10.6 Å². The van der Waals surface area contributed by atoms with E-state index in [1.807, 2.05) is 32.0 Å². The molecule has 0 aliphatic carbocycles. The van der Waals surface area contributed by atoms with Gasteiger partial charge < -0.3 is 10.6 Å². The second-order valence-electron chi connectivity index (χ2n) is 5.11. The van der Waals surface area contributed by atoms with Crippen molar-refractivity contribution in [3.8, 4) is 0 Å². The van der Waals surface area contributed by atoms with Crippen LogP contribution >= 0.6 is 11.6 Å². The molecule has 0 bridgehead atoms. The van der Waals surface area contributed by atoms with Crippen LogP contribution in [0.4, 0.5) is 10.5 Å². The van der Waals surface area contributed by atoms with Crippen LogP contribution in [0.3, 0.4) is 0 Å². The van der Waals surface area contributed by atoms with Gasteiger partial charge in [0.25, 0.3) is 0 Å². The highest BCUT2D eigenvalue weighted by atomic mass is 35.5. The summed E-state index contributed by atoms with van der Waals surface area (Å²) < 4.78 is 0. The summed E-state index contributed by atoms with van der Waals surface area (Å²) in [5, 5.41) is 4.85. The summed E-state index contributed by atoms with van der Waals surface area (Å²) in [6.07, 6.45) is 0.418. The molecule has 18 heavy (non-hydrogen) atoms. The maximum absolute atomic E-state index is 11.3. The number of hydrogen-bond donors (Lipinski definition) is 2. The van der Waals surface area contributed by atoms with E-state index >= 15 is 0 Å². The van der Waals surface area contributed by atoms with Gasteiger partial charge in [-0.3, -0.25) is 9.59 Å². The summed E-state index contributed by atoms with van der Waals surface area (Å²) in [6, 6.07) is 5.87. The van der Waals surface area contributed by atoms with Crippen LogP contribution in [0, 0.1) is 0 Å². The molecule has 96 valence electrons. The van der Waals surface area contributed by atoms with E-state index in [0.29, 0.717) is 13.0 Å². The molecule has 0 unspecified atom stereocenters. The fraction of sp³-hybridized carbons (Fsp3) is 0.385. The molecule has 2 amide bonds. The quantitative estimate of drug-likeness (QED) is 0.652. The minimum absolute atomic E-state index is 0.0222. The SMILES string of the molecule is CC(C)(CNC(=O)Cl)c1ccc2c(c1)CC(=O)N2. The molecule has 0 saturated carbocycles. The Morgan fingerprint density at radius 3 is 2.89 bits per heavy atom. The van der Waals surface area contributed by atoms with Crippen molar-refractivity contribution in [2.45, 2.75) is 25.7 Å². The molecule has 1 aromatic carbocycles. The molecule has 0 atom stereocenters. The molecule has 0 radical (unpaired) electrons. The highest BCUT2D eigenvalue weighted by molar-refractivity contribution is 6.62. The summed E-state index contributed by atoms with van der Waals surface area (Å²) in [5.74, 6) is 0.0222. The van der Waals surface area contributed by atoms with Gasteiger partial charge in [0.1, 0.15) is 0 Å². The maximum Gasteiger partial charge on any atom is 0.313 e. The Morgan fingerprint density at radius 2 is 2.22 bits per heavy atom. The average Bonchev–Trinajstić information content (AvgIpc) is 2.65. The zero-order chi connectivity index (χ0) is 13.3. The molecule has 0 fully saturated rings. The first-order chi connectivity index (χ1) is 8.38. The molecule has 4 nitrogen and oxygen atoms in total. The van der Waals surface area contributed by atoms with E-state index < -0.39 is 5.37 Å². The van der Waals surface area contributed by atoms with Crippen molar-refractivity contribution >= 4 is 28.6 Å². The Balaban J connectivity index is 2.21. The van der Waals surface area contributed by atoms with Crippen molar-refractivity contribution in [1.29, 1.82) is 0 Å². The second kappa shape index (κ2) is 4.61. The third kappa shape index (κ3) is 2.64. The summed E-state index contributed by atoms with van der Waals surface area (Å²) >= 11 is 5.28. The first kappa shape index (κ1) is 12.9. The van der Waals surface area contributed by atoms with E-state index in [1.165, 1.54) is 0 Å². The third-order valence-electron chi connectivity index (χ3n) is 3.18. The lowest BCUT2D eigenvalue weighted by atomic mass is 9.83. The summed E-state index contributed by atoms with van der Waals surface area (Å²) in [5.41, 5.74) is 2.72. The van der Waals surface area contributed by atoms with E-state index in [4.69, 9.17) is 11.6 Å². The summed E-state index contributed by atoms with van der Waals surface area (Å²) in [4.78, 5) is 22.0. The van der Waals surface area contributed by atoms with Crippen molar-refractivity contribution in [3.05, 3.63) is 29.3 Å². The zero-order valence-electron chi connectivity index (χ0n) is 10.3. The van der Waals surface area contributed by atoms with Gasteiger partial charge in [-0.05, 0) is 28.8 Å². The van der Waals surface area contributed by atoms with Crippen LogP contribution in [-0.4, -0.2) is 17.8 Å². The first-order valence-electron chi connectivity index (χ1n) is 5.75. The number of halogens is 1. The van der Waals surface area contributed by atoms with Gasteiger partial charge in [-0.15, -0.1) is 0 Å². The number of carbonyl (C=O) groups is 2. The van der Waals surface area contributed by atoms with Crippen molar-refractivity contribution in [3.63, 3.8) is 0 Å². The normalized spacial score (nSPS) is 14.1. The number of hydrogen-bond acceptors (Lipinski definition) is 2. The highest BCUT2D eigenvalue weighted by Gasteiger charge is 2.24. The van der Waals surface area contributed by atoms with Gasteiger partial charge in [-0.1, -0.05) is 26.0 Å². The average molecular weight is 267 g/mol. The highest BCUT2D eigenvalue weighted by Crippen LogP contribution is 2.29. The van der Waals surface area contributed by atoms with Crippen LogP contribution in [0.25, 0.3) is 0 Å². The topological polar surface area (TPSA) is 58.2 Å². The van der Waals surface area contributed by atoms with Crippen molar-refractivity contribution in [1.82, 2.24) is 5.32 Å². The standard InChI is InChI=1S/C13H15ClN2O2/c1-13(2,7-15-12(14)18)9-3-4-10-8(5-9)6-11(17)16-10/h3-5H,6-7H2,1-2H3,(H,15,18)(H,16,17). The number of anilines is 1. The Bertz CT molecular complexity index is 512. The van der Waals surface area contributed by atoms with Gasteiger partial charge in [-0.2, -0.15) is 0 Å². The van der Waals surface area contributed by atoms with Gasteiger partial charge in [0, 0.05) is 17.6 Å². The Labute approximate surface area is 111 Å². The van der Waals surface area contributed by atoms with Crippen LogP contribution in [0.1, 0.15) is 25.0 Å². The van der Waals surface area contributed by atoms with Crippen molar-refractivity contribution < 1.29 is 9.59 Å². The lowest BCUT2D eigenvalue weighted by Crippen LogP contribution is -2.34. The zero-order valence-corrected chi connectivity index (χ0v) is 11.1. The number of benzene rings is 1. The molecule has 1 aliphatic rings. The minimum Gasteiger partial charge on any atom is -0.342 e. The second-order valence-corrected chi connectivity index (χ2v) is 5.45. The molecule has 5 heteroatoms. The molecule has 1 heterocycles. The predicted octanol–water partition coefficient (Wildman–Crippen LogP) is 2.41. The molecular formula is C13H15ClN2O2. The van der Waals surface area contributed by atoms with E-state index in [9.17, 15) is 9.59 Å². The number of fused-ring (bicyclic) bond motifs is 1. The molecule has 0 saturated heterocycles. The van der Waals surface area contributed by atoms with Crippen molar-refractivity contribution in [2.24, 2.45) is 0 Å². The molecule has 0 spiro atoms. The largest absolute Gasteiger partial charge is 0.342 e. The number of rotatable bonds is 3. The predicted molar refractivity (Wildman–Crippen MR) is 71.1 cm³/mol. The molecular weight excluding hydrogens is 252 g/mol. The molecule has 0 aromatic heterocycles. The fourth-order valence-electron chi connectivity index (χ4n) is 2.04. The summed E-state index contributed by atoms with van der Waals surface area (Å²) in [7, 11) is 0. The Morgan fingerprint density at radius 1 is 1.50 bits per heavy atom. The lowest BCUT2D eigenvalue weighted by molar-refractivity contribution is -0.115. The van der Waals surface area contributed by atoms with Crippen LogP contribution in [-0.2, 0) is 16.6 Å². The van der Waals surface area contributed by atoms with Crippen molar-refractivity contribution in [2.75, 3.05) is 11.9 Å². The smallest absolute Gasteiger partial charge is 0.313 e. The van der Waals surface area contributed by atoms with Crippen LogP contribution in [0.2, 0.25) is 0 Å². The number of nitrogens with one attached hydrogen (secondary N) is 2. The minimum atomic E-state index is -0.555. The van der Waals surface area contributed by atoms with Gasteiger partial charge in [0.05, 0.1) is 6.42 Å². The van der Waals surface area contributed by atoms with E-state index in [0.717, 1.165) is 16.8 Å². The Hall–Kier alpha value is -1.55. The van der Waals surface area contributed by atoms with E-state index in [-0.39, 0.29) is 11.3 Å². The van der Waals surface area contributed by atoms with Gasteiger partial charge in [-0.25, -0.2) is 0 Å². The molecule has 2 rings (SSSR count). The molecule has 1 aromatic rings. The monoisotopic (exact) mass is 266 g/mol. The van der Waals surface area contributed by atoms with Crippen LogP contribution < -0.4 is 10.6 Å². The Kier molecular flexibility index (Phi) is 3.30. The van der Waals surface area contributed by atoms with Crippen LogP contribution in [0.15, 0.2) is 18.2 Å². The van der Waals surface area contributed by atoms with Gasteiger partial charge >= 0.3 is 5.37 Å². The maximum atomic E-state index is 11.3. The fourth-order valence-corrected chi connectivity index (χ4v) is 2.11. The van der Waals surface area contributed by atoms with Gasteiger partial charge in [0.15, 0.2) is 0 Å². The van der Waals surface area contributed by atoms with Gasteiger partial charge in [0.2, 0.25) is 5.91 Å². The van der Waals surface area contributed by atoms with E-state index in [1.54, 1.807) is 0 Å². The third-order valence-corrected chi connectivity index (χ3v) is 3.31.